The lowest BCUT2D eigenvalue weighted by Crippen LogP contribution is -2.55. The van der Waals surface area contributed by atoms with Crippen molar-refractivity contribution >= 4 is 18.0 Å². The SMILES string of the molecule is CCC(C)[C@H](NC(=O)Oc1cccc(C2(CC)CCCCN(C)C2)c1)C(=O)N[C@@H](C(=O)O)C(C)CC. The van der Waals surface area contributed by atoms with Gasteiger partial charge in [0, 0.05) is 12.0 Å². The van der Waals surface area contributed by atoms with E-state index in [0.29, 0.717) is 18.6 Å². The summed E-state index contributed by atoms with van der Waals surface area (Å²) >= 11 is 0. The number of carboxylic acid groups (broad SMARTS) is 1. The molecule has 36 heavy (non-hydrogen) atoms. The smallest absolute Gasteiger partial charge is 0.413 e. The molecule has 1 saturated heterocycles. The highest BCUT2D eigenvalue weighted by Crippen LogP contribution is 2.37. The average Bonchev–Trinajstić information content (AvgIpc) is 3.06. The topological polar surface area (TPSA) is 108 Å². The maximum absolute atomic E-state index is 13.0. The minimum absolute atomic E-state index is 0.00204. The maximum Gasteiger partial charge on any atom is 0.413 e. The van der Waals surface area contributed by atoms with Crippen molar-refractivity contribution < 1.29 is 24.2 Å². The van der Waals surface area contributed by atoms with Crippen LogP contribution in [-0.4, -0.2) is 60.2 Å². The van der Waals surface area contributed by atoms with E-state index < -0.39 is 30.1 Å². The van der Waals surface area contributed by atoms with Crippen LogP contribution in [0.3, 0.4) is 0 Å². The van der Waals surface area contributed by atoms with Gasteiger partial charge in [0.05, 0.1) is 0 Å². The molecule has 1 heterocycles. The molecule has 1 fully saturated rings. The highest BCUT2D eigenvalue weighted by molar-refractivity contribution is 5.89. The van der Waals surface area contributed by atoms with Gasteiger partial charge in [0.1, 0.15) is 17.8 Å². The van der Waals surface area contributed by atoms with Crippen molar-refractivity contribution in [1.82, 2.24) is 15.5 Å². The van der Waals surface area contributed by atoms with E-state index in [1.54, 1.807) is 13.0 Å². The summed E-state index contributed by atoms with van der Waals surface area (Å²) in [6.45, 7) is 11.7. The van der Waals surface area contributed by atoms with Crippen molar-refractivity contribution in [2.45, 2.75) is 90.6 Å². The normalized spacial score (nSPS) is 21.9. The lowest BCUT2D eigenvalue weighted by atomic mass is 9.74. The molecule has 1 aliphatic rings. The van der Waals surface area contributed by atoms with E-state index in [9.17, 15) is 19.5 Å². The summed E-state index contributed by atoms with van der Waals surface area (Å²) in [6.07, 6.45) is 4.91. The number of carboxylic acids is 1. The summed E-state index contributed by atoms with van der Waals surface area (Å²) in [5.41, 5.74) is 1.15. The molecule has 202 valence electrons. The molecular formula is C28H45N3O5. The zero-order valence-corrected chi connectivity index (χ0v) is 22.8. The standard InChI is InChI=1S/C28H45N3O5/c1-7-19(4)23(25(32)29-24(26(33)34)20(5)8-2)30-27(35)36-22-14-12-13-21(17-22)28(9-3)15-10-11-16-31(6)18-28/h12-14,17,19-20,23-24H,7-11,15-16,18H2,1-6H3,(H,29,32)(H,30,35)(H,33,34)/t19?,20?,23-,24+,28?/m0/s1. The lowest BCUT2D eigenvalue weighted by Gasteiger charge is -2.35. The number of carbonyl (C=O) groups excluding carboxylic acids is 2. The molecule has 8 heteroatoms. The highest BCUT2D eigenvalue weighted by Gasteiger charge is 2.34. The first kappa shape index (κ1) is 29.6. The van der Waals surface area contributed by atoms with Crippen molar-refractivity contribution in [1.29, 1.82) is 0 Å². The van der Waals surface area contributed by atoms with Crippen LogP contribution in [0.4, 0.5) is 4.79 Å². The third kappa shape index (κ3) is 7.69. The quantitative estimate of drug-likeness (QED) is 0.408. The van der Waals surface area contributed by atoms with Crippen LogP contribution in [0.15, 0.2) is 24.3 Å². The van der Waals surface area contributed by atoms with Gasteiger partial charge in [0.15, 0.2) is 0 Å². The number of likely N-dealkylation sites (tertiary alicyclic amines) is 1. The number of amides is 2. The van der Waals surface area contributed by atoms with Gasteiger partial charge < -0.3 is 25.4 Å². The molecule has 1 aliphatic heterocycles. The van der Waals surface area contributed by atoms with E-state index in [1.807, 2.05) is 32.9 Å². The number of ether oxygens (including phenoxy) is 1. The molecule has 0 radical (unpaired) electrons. The van der Waals surface area contributed by atoms with Crippen molar-refractivity contribution in [3.05, 3.63) is 29.8 Å². The minimum atomic E-state index is -1.09. The molecule has 0 aliphatic carbocycles. The van der Waals surface area contributed by atoms with Crippen LogP contribution in [0.25, 0.3) is 0 Å². The van der Waals surface area contributed by atoms with Gasteiger partial charge in [0.25, 0.3) is 0 Å². The summed E-state index contributed by atoms with van der Waals surface area (Å²) in [6, 6.07) is 5.76. The Morgan fingerprint density at radius 1 is 1.06 bits per heavy atom. The zero-order valence-electron chi connectivity index (χ0n) is 22.8. The molecule has 2 amide bonds. The zero-order chi connectivity index (χ0) is 26.9. The van der Waals surface area contributed by atoms with Crippen LogP contribution in [0.2, 0.25) is 0 Å². The molecule has 3 N–H and O–H groups in total. The Kier molecular flexibility index (Phi) is 11.2. The predicted octanol–water partition coefficient (Wildman–Crippen LogP) is 4.57. The predicted molar refractivity (Wildman–Crippen MR) is 141 cm³/mol. The van der Waals surface area contributed by atoms with Gasteiger partial charge in [-0.25, -0.2) is 9.59 Å². The Morgan fingerprint density at radius 3 is 2.33 bits per heavy atom. The number of benzene rings is 1. The number of likely N-dealkylation sites (N-methyl/N-ethyl adjacent to an activating group) is 1. The number of hydrogen-bond acceptors (Lipinski definition) is 5. The summed E-state index contributed by atoms with van der Waals surface area (Å²) in [5.74, 6) is -1.63. The van der Waals surface area contributed by atoms with Crippen LogP contribution in [-0.2, 0) is 15.0 Å². The van der Waals surface area contributed by atoms with E-state index in [0.717, 1.165) is 37.9 Å². The lowest BCUT2D eigenvalue weighted by molar-refractivity contribution is -0.143. The third-order valence-corrected chi connectivity index (χ3v) is 7.90. The van der Waals surface area contributed by atoms with Crippen molar-refractivity contribution in [3.8, 4) is 5.75 Å². The van der Waals surface area contributed by atoms with Crippen molar-refractivity contribution in [3.63, 3.8) is 0 Å². The van der Waals surface area contributed by atoms with Crippen molar-refractivity contribution in [2.24, 2.45) is 11.8 Å². The Labute approximate surface area is 216 Å². The van der Waals surface area contributed by atoms with Crippen LogP contribution in [0, 0.1) is 11.8 Å². The molecular weight excluding hydrogens is 458 g/mol. The van der Waals surface area contributed by atoms with Gasteiger partial charge >= 0.3 is 12.1 Å². The number of rotatable bonds is 11. The fourth-order valence-electron chi connectivity index (χ4n) is 5.03. The van der Waals surface area contributed by atoms with E-state index >= 15 is 0 Å². The number of aliphatic carboxylic acids is 1. The second-order valence-corrected chi connectivity index (χ2v) is 10.5. The number of carbonyl (C=O) groups is 3. The summed E-state index contributed by atoms with van der Waals surface area (Å²) in [7, 11) is 2.15. The van der Waals surface area contributed by atoms with Crippen LogP contribution in [0.1, 0.15) is 78.7 Å². The largest absolute Gasteiger partial charge is 0.480 e. The van der Waals surface area contributed by atoms with Gasteiger partial charge in [-0.3, -0.25) is 4.79 Å². The summed E-state index contributed by atoms with van der Waals surface area (Å²) in [5, 5.41) is 14.9. The Hall–Kier alpha value is -2.61. The molecule has 2 rings (SSSR count). The fraction of sp³-hybridized carbons (Fsp3) is 0.679. The van der Waals surface area contributed by atoms with E-state index in [1.165, 1.54) is 6.42 Å². The van der Waals surface area contributed by atoms with E-state index in [-0.39, 0.29) is 17.3 Å². The average molecular weight is 504 g/mol. The minimum Gasteiger partial charge on any atom is -0.480 e. The molecule has 0 spiro atoms. The van der Waals surface area contributed by atoms with E-state index in [4.69, 9.17) is 4.74 Å². The molecule has 3 unspecified atom stereocenters. The summed E-state index contributed by atoms with van der Waals surface area (Å²) in [4.78, 5) is 39.9. The monoisotopic (exact) mass is 503 g/mol. The number of hydrogen-bond donors (Lipinski definition) is 3. The molecule has 0 saturated carbocycles. The Balaban J connectivity index is 2.17. The van der Waals surface area contributed by atoms with Gasteiger partial charge in [-0.2, -0.15) is 0 Å². The first-order valence-corrected chi connectivity index (χ1v) is 13.4. The highest BCUT2D eigenvalue weighted by atomic mass is 16.6. The van der Waals surface area contributed by atoms with Gasteiger partial charge in [-0.1, -0.05) is 66.0 Å². The first-order valence-electron chi connectivity index (χ1n) is 13.4. The third-order valence-electron chi connectivity index (χ3n) is 7.90. The van der Waals surface area contributed by atoms with Gasteiger partial charge in [0.2, 0.25) is 5.91 Å². The van der Waals surface area contributed by atoms with Crippen molar-refractivity contribution in [2.75, 3.05) is 20.1 Å². The van der Waals surface area contributed by atoms with E-state index in [2.05, 4.69) is 35.6 Å². The molecule has 5 atom stereocenters. The molecule has 1 aromatic rings. The number of nitrogens with zero attached hydrogens (tertiary/aromatic N) is 1. The molecule has 0 bridgehead atoms. The first-order chi connectivity index (χ1) is 17.1. The van der Waals surface area contributed by atoms with Gasteiger partial charge in [-0.05, 0) is 62.4 Å². The molecule has 0 aromatic heterocycles. The van der Waals surface area contributed by atoms with Crippen LogP contribution >= 0.6 is 0 Å². The fourth-order valence-corrected chi connectivity index (χ4v) is 5.03. The second kappa shape index (κ2) is 13.6. The van der Waals surface area contributed by atoms with Gasteiger partial charge in [-0.15, -0.1) is 0 Å². The molecule has 1 aromatic carbocycles. The number of nitrogens with one attached hydrogen (secondary N) is 2. The Morgan fingerprint density at radius 2 is 1.72 bits per heavy atom. The van der Waals surface area contributed by atoms with Crippen LogP contribution < -0.4 is 15.4 Å². The molecule has 8 nitrogen and oxygen atoms in total. The Bertz CT molecular complexity index is 892. The maximum atomic E-state index is 13.0. The van der Waals surface area contributed by atoms with Crippen LogP contribution in [0.5, 0.6) is 5.75 Å². The summed E-state index contributed by atoms with van der Waals surface area (Å²) < 4.78 is 5.63. The second-order valence-electron chi connectivity index (χ2n) is 10.5.